The van der Waals surface area contributed by atoms with Crippen LogP contribution in [0.3, 0.4) is 0 Å². The Morgan fingerprint density at radius 1 is 1.28 bits per heavy atom. The molecule has 0 spiro atoms. The van der Waals surface area contributed by atoms with Crippen molar-refractivity contribution < 1.29 is 0 Å². The summed E-state index contributed by atoms with van der Waals surface area (Å²) < 4.78 is 0. The average Bonchev–Trinajstić information content (AvgIpc) is 2.39. The van der Waals surface area contributed by atoms with E-state index in [9.17, 15) is 0 Å². The summed E-state index contributed by atoms with van der Waals surface area (Å²) in [7, 11) is 0. The summed E-state index contributed by atoms with van der Waals surface area (Å²) in [5.74, 6) is 1.82. The van der Waals surface area contributed by atoms with Crippen LogP contribution in [0.15, 0.2) is 12.4 Å². The molecular formula is C13H25N5. The first-order valence-electron chi connectivity index (χ1n) is 6.53. The van der Waals surface area contributed by atoms with Crippen molar-refractivity contribution in [2.75, 3.05) is 36.4 Å². The summed E-state index contributed by atoms with van der Waals surface area (Å²) in [6, 6.07) is 1.99. The number of aromatic nitrogens is 2. The first kappa shape index (κ1) is 14.7. The van der Waals surface area contributed by atoms with E-state index in [-0.39, 0.29) is 5.41 Å². The van der Waals surface area contributed by atoms with Crippen LogP contribution in [-0.2, 0) is 0 Å². The molecule has 0 aliphatic carbocycles. The predicted molar refractivity (Wildman–Crippen MR) is 76.9 cm³/mol. The van der Waals surface area contributed by atoms with E-state index in [0.29, 0.717) is 6.54 Å². The molecule has 0 fully saturated rings. The molecule has 1 heterocycles. The van der Waals surface area contributed by atoms with Gasteiger partial charge in [0.15, 0.2) is 0 Å². The molecule has 0 saturated heterocycles. The number of nitrogens with one attached hydrogen (secondary N) is 1. The molecule has 0 aromatic carbocycles. The number of nitrogens with zero attached hydrogens (tertiary/aromatic N) is 3. The zero-order valence-electron chi connectivity index (χ0n) is 11.9. The van der Waals surface area contributed by atoms with Crippen LogP contribution in [0.5, 0.6) is 0 Å². The summed E-state index contributed by atoms with van der Waals surface area (Å²) in [5.41, 5.74) is 5.78. The topological polar surface area (TPSA) is 67.1 Å². The van der Waals surface area contributed by atoms with Crippen molar-refractivity contribution in [1.82, 2.24) is 9.97 Å². The normalized spacial score (nSPS) is 11.4. The van der Waals surface area contributed by atoms with Crippen LogP contribution >= 0.6 is 0 Å². The molecule has 18 heavy (non-hydrogen) atoms. The SMILES string of the molecule is CCN(CC)c1cc(NCC(C)(C)CN)ncn1. The van der Waals surface area contributed by atoms with Crippen LogP contribution in [0.4, 0.5) is 11.6 Å². The molecule has 5 nitrogen and oxygen atoms in total. The van der Waals surface area contributed by atoms with Gasteiger partial charge in [-0.3, -0.25) is 0 Å². The molecule has 102 valence electrons. The second-order valence-electron chi connectivity index (χ2n) is 5.16. The van der Waals surface area contributed by atoms with Gasteiger partial charge in [-0.05, 0) is 25.8 Å². The van der Waals surface area contributed by atoms with Gasteiger partial charge in [-0.1, -0.05) is 13.8 Å². The van der Waals surface area contributed by atoms with Gasteiger partial charge in [0.05, 0.1) is 0 Å². The van der Waals surface area contributed by atoms with Crippen molar-refractivity contribution in [2.24, 2.45) is 11.1 Å². The lowest BCUT2D eigenvalue weighted by molar-refractivity contribution is 0.405. The number of hydrogen-bond donors (Lipinski definition) is 2. The Morgan fingerprint density at radius 3 is 2.50 bits per heavy atom. The van der Waals surface area contributed by atoms with Crippen molar-refractivity contribution in [3.63, 3.8) is 0 Å². The molecule has 3 N–H and O–H groups in total. The van der Waals surface area contributed by atoms with Crippen molar-refractivity contribution in [3.05, 3.63) is 12.4 Å². The largest absolute Gasteiger partial charge is 0.369 e. The zero-order chi connectivity index (χ0) is 13.6. The molecule has 1 aromatic heterocycles. The van der Waals surface area contributed by atoms with E-state index in [2.05, 4.69) is 47.9 Å². The molecule has 0 aliphatic rings. The summed E-state index contributed by atoms with van der Waals surface area (Å²) in [6.45, 7) is 11.8. The van der Waals surface area contributed by atoms with Gasteiger partial charge >= 0.3 is 0 Å². The first-order chi connectivity index (χ1) is 8.52. The fourth-order valence-corrected chi connectivity index (χ4v) is 1.57. The van der Waals surface area contributed by atoms with E-state index < -0.39 is 0 Å². The van der Waals surface area contributed by atoms with Crippen molar-refractivity contribution >= 4 is 11.6 Å². The molecular weight excluding hydrogens is 226 g/mol. The van der Waals surface area contributed by atoms with Crippen LogP contribution < -0.4 is 16.0 Å². The Balaban J connectivity index is 2.70. The highest BCUT2D eigenvalue weighted by molar-refractivity contribution is 5.48. The fraction of sp³-hybridized carbons (Fsp3) is 0.692. The standard InChI is InChI=1S/C13H25N5/c1-5-18(6-2)12-7-11(16-10-17-12)15-9-13(3,4)8-14/h7,10H,5-6,8-9,14H2,1-4H3,(H,15,16,17). The molecule has 0 amide bonds. The lowest BCUT2D eigenvalue weighted by Crippen LogP contribution is -2.31. The lowest BCUT2D eigenvalue weighted by Gasteiger charge is -2.24. The third kappa shape index (κ3) is 4.14. The van der Waals surface area contributed by atoms with E-state index in [1.165, 1.54) is 0 Å². The van der Waals surface area contributed by atoms with E-state index >= 15 is 0 Å². The second-order valence-corrected chi connectivity index (χ2v) is 5.16. The van der Waals surface area contributed by atoms with Crippen molar-refractivity contribution in [2.45, 2.75) is 27.7 Å². The molecule has 0 saturated carbocycles. The van der Waals surface area contributed by atoms with Gasteiger partial charge in [0, 0.05) is 25.7 Å². The third-order valence-electron chi connectivity index (χ3n) is 3.04. The third-order valence-corrected chi connectivity index (χ3v) is 3.04. The molecule has 0 bridgehead atoms. The van der Waals surface area contributed by atoms with Crippen LogP contribution in [0.1, 0.15) is 27.7 Å². The Bertz CT molecular complexity index is 360. The number of anilines is 2. The average molecular weight is 251 g/mol. The monoisotopic (exact) mass is 251 g/mol. The summed E-state index contributed by atoms with van der Waals surface area (Å²) in [5, 5.41) is 3.32. The van der Waals surface area contributed by atoms with E-state index in [4.69, 9.17) is 5.73 Å². The zero-order valence-corrected chi connectivity index (χ0v) is 11.9. The minimum atomic E-state index is 0.0698. The maximum atomic E-state index is 5.71. The molecule has 1 rings (SSSR count). The van der Waals surface area contributed by atoms with Gasteiger partial charge in [-0.15, -0.1) is 0 Å². The molecule has 0 aliphatic heterocycles. The van der Waals surface area contributed by atoms with Crippen LogP contribution in [0.25, 0.3) is 0 Å². The minimum absolute atomic E-state index is 0.0698. The predicted octanol–water partition coefficient (Wildman–Crippen LogP) is 1.72. The van der Waals surface area contributed by atoms with Gasteiger partial charge < -0.3 is 16.0 Å². The van der Waals surface area contributed by atoms with Gasteiger partial charge in [-0.2, -0.15) is 0 Å². The summed E-state index contributed by atoms with van der Waals surface area (Å²) >= 11 is 0. The summed E-state index contributed by atoms with van der Waals surface area (Å²) in [6.07, 6.45) is 1.60. The van der Waals surface area contributed by atoms with Crippen LogP contribution in [0, 0.1) is 5.41 Å². The number of hydrogen-bond acceptors (Lipinski definition) is 5. The first-order valence-corrected chi connectivity index (χ1v) is 6.53. The molecule has 1 aromatic rings. The summed E-state index contributed by atoms with van der Waals surface area (Å²) in [4.78, 5) is 10.7. The fourth-order valence-electron chi connectivity index (χ4n) is 1.57. The lowest BCUT2D eigenvalue weighted by atomic mass is 9.94. The molecule has 5 heteroatoms. The Hall–Kier alpha value is -1.36. The van der Waals surface area contributed by atoms with Gasteiger partial charge in [0.25, 0.3) is 0 Å². The molecule has 0 radical (unpaired) electrons. The van der Waals surface area contributed by atoms with Crippen molar-refractivity contribution in [3.8, 4) is 0 Å². The highest BCUT2D eigenvalue weighted by Gasteiger charge is 2.15. The van der Waals surface area contributed by atoms with Crippen LogP contribution in [0.2, 0.25) is 0 Å². The highest BCUT2D eigenvalue weighted by atomic mass is 15.2. The smallest absolute Gasteiger partial charge is 0.134 e. The van der Waals surface area contributed by atoms with E-state index in [1.54, 1.807) is 6.33 Å². The maximum absolute atomic E-state index is 5.71. The Morgan fingerprint density at radius 2 is 1.94 bits per heavy atom. The van der Waals surface area contributed by atoms with E-state index in [1.807, 2.05) is 6.07 Å². The molecule has 0 unspecified atom stereocenters. The quantitative estimate of drug-likeness (QED) is 0.772. The Labute approximate surface area is 110 Å². The van der Waals surface area contributed by atoms with E-state index in [0.717, 1.165) is 31.3 Å². The highest BCUT2D eigenvalue weighted by Crippen LogP contribution is 2.17. The number of nitrogens with two attached hydrogens (primary N) is 1. The maximum Gasteiger partial charge on any atom is 0.134 e. The van der Waals surface area contributed by atoms with Crippen LogP contribution in [-0.4, -0.2) is 36.1 Å². The minimum Gasteiger partial charge on any atom is -0.369 e. The van der Waals surface area contributed by atoms with Crippen molar-refractivity contribution in [1.29, 1.82) is 0 Å². The van der Waals surface area contributed by atoms with Gasteiger partial charge in [-0.25, -0.2) is 9.97 Å². The Kier molecular flexibility index (Phi) is 5.34. The van der Waals surface area contributed by atoms with Gasteiger partial charge in [0.1, 0.15) is 18.0 Å². The molecule has 0 atom stereocenters. The second kappa shape index (κ2) is 6.54. The van der Waals surface area contributed by atoms with Gasteiger partial charge in [0.2, 0.25) is 0 Å². The number of rotatable bonds is 7.